The molecule has 76 valence electrons. The largest absolute Gasteiger partial charge is 0.376 e. The summed E-state index contributed by atoms with van der Waals surface area (Å²) in [6.07, 6.45) is 3.85. The van der Waals surface area contributed by atoms with Crippen LogP contribution in [0.3, 0.4) is 0 Å². The van der Waals surface area contributed by atoms with Gasteiger partial charge in [0.05, 0.1) is 0 Å². The number of fused-ring (bicyclic) bond motifs is 1. The lowest BCUT2D eigenvalue weighted by atomic mass is 9.90. The zero-order valence-electron chi connectivity index (χ0n) is 8.19. The summed E-state index contributed by atoms with van der Waals surface area (Å²) in [7, 11) is 1.90. The first-order valence-corrected chi connectivity index (χ1v) is 4.84. The van der Waals surface area contributed by atoms with E-state index in [1.54, 1.807) is 6.20 Å². The summed E-state index contributed by atoms with van der Waals surface area (Å²) in [6.45, 7) is 0. The number of hydrogen-bond acceptors (Lipinski definition) is 3. The molecule has 0 aromatic heterocycles. The van der Waals surface area contributed by atoms with Crippen LogP contribution < -0.4 is 5.73 Å². The highest BCUT2D eigenvalue weighted by molar-refractivity contribution is 5.94. The zero-order valence-corrected chi connectivity index (χ0v) is 8.19. The van der Waals surface area contributed by atoms with Crippen molar-refractivity contribution in [1.82, 2.24) is 4.90 Å². The first-order chi connectivity index (χ1) is 6.59. The molecular formula is C10H14N2O2. The summed E-state index contributed by atoms with van der Waals surface area (Å²) in [5, 5.41) is 0. The molecule has 4 heteroatoms. The molecule has 1 amide bonds. The van der Waals surface area contributed by atoms with E-state index in [4.69, 9.17) is 5.73 Å². The molecule has 0 saturated heterocycles. The Hall–Kier alpha value is -1.32. The average Bonchev–Trinajstić information content (AvgIpc) is 2.48. The minimum atomic E-state index is -0.407. The molecule has 1 aliphatic carbocycles. The van der Waals surface area contributed by atoms with Crippen molar-refractivity contribution in [3.05, 3.63) is 11.8 Å². The van der Waals surface area contributed by atoms with Gasteiger partial charge in [0.25, 0.3) is 0 Å². The van der Waals surface area contributed by atoms with Gasteiger partial charge in [-0.25, -0.2) is 0 Å². The molecule has 0 bridgehead atoms. The molecule has 0 aromatic rings. The SMILES string of the molecule is CN1C=C(C(N)=O)C[C@H]2C(=O)CC[C@H]21. The van der Waals surface area contributed by atoms with Gasteiger partial charge in [0.1, 0.15) is 5.78 Å². The molecule has 1 aliphatic heterocycles. The van der Waals surface area contributed by atoms with Crippen LogP contribution in [0.15, 0.2) is 11.8 Å². The zero-order chi connectivity index (χ0) is 10.3. The third kappa shape index (κ3) is 1.31. The molecule has 0 unspecified atom stereocenters. The van der Waals surface area contributed by atoms with Crippen LogP contribution in [0, 0.1) is 5.92 Å². The van der Waals surface area contributed by atoms with Gasteiger partial charge in [-0.2, -0.15) is 0 Å². The number of carbonyl (C=O) groups is 2. The molecule has 4 nitrogen and oxygen atoms in total. The summed E-state index contributed by atoms with van der Waals surface area (Å²) in [5.41, 5.74) is 5.79. The lowest BCUT2D eigenvalue weighted by molar-refractivity contribution is -0.121. The Labute approximate surface area is 82.7 Å². The van der Waals surface area contributed by atoms with Crippen LogP contribution in [0.5, 0.6) is 0 Å². The van der Waals surface area contributed by atoms with E-state index in [1.165, 1.54) is 0 Å². The van der Waals surface area contributed by atoms with Crippen LogP contribution in [0.4, 0.5) is 0 Å². The monoisotopic (exact) mass is 194 g/mol. The van der Waals surface area contributed by atoms with Gasteiger partial charge in [-0.1, -0.05) is 0 Å². The summed E-state index contributed by atoms with van der Waals surface area (Å²) in [5.74, 6) is -0.142. The molecule has 2 atom stereocenters. The van der Waals surface area contributed by atoms with E-state index in [0.717, 1.165) is 6.42 Å². The Kier molecular flexibility index (Phi) is 2.06. The first-order valence-electron chi connectivity index (χ1n) is 4.84. The number of nitrogens with zero attached hydrogens (tertiary/aromatic N) is 1. The second-order valence-electron chi connectivity index (χ2n) is 4.07. The molecule has 2 rings (SSSR count). The predicted molar refractivity (Wildman–Crippen MR) is 51.2 cm³/mol. The fourth-order valence-electron chi connectivity index (χ4n) is 2.42. The molecular weight excluding hydrogens is 180 g/mol. The quantitative estimate of drug-likeness (QED) is 0.641. The van der Waals surface area contributed by atoms with Gasteiger partial charge in [-0.05, 0) is 12.8 Å². The summed E-state index contributed by atoms with van der Waals surface area (Å²) in [6, 6.07) is 0.283. The number of carbonyl (C=O) groups excluding carboxylic acids is 2. The molecule has 2 aliphatic rings. The minimum Gasteiger partial charge on any atom is -0.376 e. The van der Waals surface area contributed by atoms with E-state index in [1.807, 2.05) is 11.9 Å². The van der Waals surface area contributed by atoms with E-state index in [2.05, 4.69) is 0 Å². The maximum atomic E-state index is 11.5. The topological polar surface area (TPSA) is 63.4 Å². The molecule has 0 aromatic carbocycles. The lowest BCUT2D eigenvalue weighted by Gasteiger charge is -2.32. The number of hydrogen-bond donors (Lipinski definition) is 1. The van der Waals surface area contributed by atoms with Crippen molar-refractivity contribution in [3.63, 3.8) is 0 Å². The Morgan fingerprint density at radius 2 is 2.36 bits per heavy atom. The number of rotatable bonds is 1. The Bertz CT molecular complexity index is 322. The molecule has 0 spiro atoms. The summed E-state index contributed by atoms with van der Waals surface area (Å²) >= 11 is 0. The van der Waals surface area contributed by atoms with E-state index in [-0.39, 0.29) is 17.7 Å². The van der Waals surface area contributed by atoms with Crippen molar-refractivity contribution in [2.45, 2.75) is 25.3 Å². The fourth-order valence-corrected chi connectivity index (χ4v) is 2.42. The fraction of sp³-hybridized carbons (Fsp3) is 0.600. The highest BCUT2D eigenvalue weighted by atomic mass is 16.1. The van der Waals surface area contributed by atoms with Gasteiger partial charge in [-0.3, -0.25) is 9.59 Å². The van der Waals surface area contributed by atoms with Gasteiger partial charge >= 0.3 is 0 Å². The van der Waals surface area contributed by atoms with Crippen molar-refractivity contribution in [2.24, 2.45) is 11.7 Å². The lowest BCUT2D eigenvalue weighted by Crippen LogP contribution is -2.38. The standard InChI is InChI=1S/C10H14N2O2/c1-12-5-6(10(11)14)4-7-8(12)2-3-9(7)13/h5,7-8H,2-4H2,1H3,(H2,11,14)/t7-,8-/m1/s1. The minimum absolute atomic E-state index is 0.00694. The first kappa shape index (κ1) is 9.24. The average molecular weight is 194 g/mol. The molecule has 1 saturated carbocycles. The maximum absolute atomic E-state index is 11.5. The summed E-state index contributed by atoms with van der Waals surface area (Å²) in [4.78, 5) is 24.5. The van der Waals surface area contributed by atoms with Gasteiger partial charge in [0.15, 0.2) is 0 Å². The van der Waals surface area contributed by atoms with Crippen LogP contribution in [0.2, 0.25) is 0 Å². The van der Waals surface area contributed by atoms with Crippen LogP contribution >= 0.6 is 0 Å². The Balaban J connectivity index is 2.26. The van der Waals surface area contributed by atoms with Crippen LogP contribution in [-0.2, 0) is 9.59 Å². The van der Waals surface area contributed by atoms with Crippen LogP contribution in [0.25, 0.3) is 0 Å². The molecule has 1 heterocycles. The third-order valence-electron chi connectivity index (χ3n) is 3.20. The maximum Gasteiger partial charge on any atom is 0.246 e. The van der Waals surface area contributed by atoms with E-state index in [0.29, 0.717) is 18.4 Å². The van der Waals surface area contributed by atoms with Crippen molar-refractivity contribution < 1.29 is 9.59 Å². The summed E-state index contributed by atoms with van der Waals surface area (Å²) < 4.78 is 0. The van der Waals surface area contributed by atoms with Gasteiger partial charge in [0.2, 0.25) is 5.91 Å². The second kappa shape index (κ2) is 3.12. The number of ketones is 1. The van der Waals surface area contributed by atoms with E-state index < -0.39 is 5.91 Å². The van der Waals surface area contributed by atoms with Crippen molar-refractivity contribution in [3.8, 4) is 0 Å². The van der Waals surface area contributed by atoms with Gasteiger partial charge in [-0.15, -0.1) is 0 Å². The highest BCUT2D eigenvalue weighted by Gasteiger charge is 2.40. The van der Waals surface area contributed by atoms with Crippen LogP contribution in [-0.4, -0.2) is 29.7 Å². The highest BCUT2D eigenvalue weighted by Crippen LogP contribution is 2.34. The van der Waals surface area contributed by atoms with Crippen LogP contribution in [0.1, 0.15) is 19.3 Å². The number of nitrogens with two attached hydrogens (primary N) is 1. The van der Waals surface area contributed by atoms with Crippen molar-refractivity contribution >= 4 is 11.7 Å². The predicted octanol–water partition coefficient (Wildman–Crippen LogP) is 0.0388. The van der Waals surface area contributed by atoms with E-state index >= 15 is 0 Å². The van der Waals surface area contributed by atoms with Gasteiger partial charge < -0.3 is 10.6 Å². The number of Topliss-reactive ketones (excluding diaryl/α,β-unsaturated/α-hetero) is 1. The van der Waals surface area contributed by atoms with Crippen molar-refractivity contribution in [1.29, 1.82) is 0 Å². The third-order valence-corrected chi connectivity index (χ3v) is 3.20. The van der Waals surface area contributed by atoms with Gasteiger partial charge in [0, 0.05) is 37.2 Å². The molecule has 1 fully saturated rings. The molecule has 2 N–H and O–H groups in total. The number of amides is 1. The molecule has 0 radical (unpaired) electrons. The smallest absolute Gasteiger partial charge is 0.246 e. The number of primary amides is 1. The van der Waals surface area contributed by atoms with Crippen molar-refractivity contribution in [2.75, 3.05) is 7.05 Å². The normalized spacial score (nSPS) is 31.4. The second-order valence-corrected chi connectivity index (χ2v) is 4.07. The Morgan fingerprint density at radius 3 is 3.00 bits per heavy atom. The van der Waals surface area contributed by atoms with E-state index in [9.17, 15) is 9.59 Å². The molecule has 14 heavy (non-hydrogen) atoms. The Morgan fingerprint density at radius 1 is 1.64 bits per heavy atom.